The molecule has 1 atom stereocenters. The Bertz CT molecular complexity index is 514. The van der Waals surface area contributed by atoms with Gasteiger partial charge in [0.2, 0.25) is 0 Å². The minimum atomic E-state index is -0.330. The average molecular weight is 292 g/mol. The fourth-order valence-corrected chi connectivity index (χ4v) is 2.46. The van der Waals surface area contributed by atoms with Crippen molar-refractivity contribution < 1.29 is 14.3 Å². The van der Waals surface area contributed by atoms with Crippen molar-refractivity contribution in [2.45, 2.75) is 32.2 Å². The molecule has 0 saturated heterocycles. The third kappa shape index (κ3) is 3.47. The van der Waals surface area contributed by atoms with Crippen LogP contribution in [-0.2, 0) is 0 Å². The summed E-state index contributed by atoms with van der Waals surface area (Å²) >= 11 is 0. The number of benzene rings is 1. The Morgan fingerprint density at radius 1 is 1.43 bits per heavy atom. The van der Waals surface area contributed by atoms with Crippen LogP contribution in [0.15, 0.2) is 18.2 Å². The molecule has 1 amide bonds. The van der Waals surface area contributed by atoms with Crippen LogP contribution in [-0.4, -0.2) is 31.7 Å². The molecule has 3 N–H and O–H groups in total. The predicted octanol–water partition coefficient (Wildman–Crippen LogP) is 1.95. The Labute approximate surface area is 125 Å². The molecule has 0 radical (unpaired) electrons. The third-order valence-electron chi connectivity index (χ3n) is 4.03. The number of nitrogens with one attached hydrogen (secondary N) is 1. The zero-order valence-corrected chi connectivity index (χ0v) is 12.9. The first kappa shape index (κ1) is 15.6. The zero-order chi connectivity index (χ0) is 15.5. The molecule has 1 saturated carbocycles. The molecule has 0 aliphatic heterocycles. The normalized spacial score (nSPS) is 17.0. The summed E-state index contributed by atoms with van der Waals surface area (Å²) in [4.78, 5) is 12.4. The summed E-state index contributed by atoms with van der Waals surface area (Å²) < 4.78 is 10.7. The molecule has 1 aliphatic rings. The van der Waals surface area contributed by atoms with Gasteiger partial charge in [-0.3, -0.25) is 4.79 Å². The molecule has 1 aromatic rings. The van der Waals surface area contributed by atoms with Gasteiger partial charge in [0.25, 0.3) is 5.91 Å². The zero-order valence-electron chi connectivity index (χ0n) is 12.9. The van der Waals surface area contributed by atoms with Crippen LogP contribution >= 0.6 is 0 Å². The Kier molecular flexibility index (Phi) is 4.73. The predicted molar refractivity (Wildman–Crippen MR) is 81.8 cm³/mol. The highest BCUT2D eigenvalue weighted by Gasteiger charge is 2.41. The summed E-state index contributed by atoms with van der Waals surface area (Å²) in [6.07, 6.45) is 2.25. The van der Waals surface area contributed by atoms with Crippen molar-refractivity contribution in [3.8, 4) is 11.5 Å². The van der Waals surface area contributed by atoms with E-state index in [1.165, 1.54) is 0 Å². The van der Waals surface area contributed by atoms with E-state index in [0.717, 1.165) is 12.8 Å². The van der Waals surface area contributed by atoms with Gasteiger partial charge in [0.05, 0.1) is 19.3 Å². The standard InChI is InChI=1S/C16H24N2O3/c1-4-21-13-8-5-11(9-14(13)20-3)15(19)18-16(2,10-17)12-6-7-12/h5,8-9,12H,4,6-7,10,17H2,1-3H3,(H,18,19). The quantitative estimate of drug-likeness (QED) is 0.805. The van der Waals surface area contributed by atoms with E-state index >= 15 is 0 Å². The van der Waals surface area contributed by atoms with Crippen molar-refractivity contribution in [1.29, 1.82) is 0 Å². The van der Waals surface area contributed by atoms with Gasteiger partial charge in [-0.25, -0.2) is 0 Å². The van der Waals surface area contributed by atoms with Crippen LogP contribution in [0.4, 0.5) is 0 Å². The van der Waals surface area contributed by atoms with Gasteiger partial charge >= 0.3 is 0 Å². The molecule has 116 valence electrons. The summed E-state index contributed by atoms with van der Waals surface area (Å²) in [5, 5.41) is 3.06. The topological polar surface area (TPSA) is 73.6 Å². The van der Waals surface area contributed by atoms with Gasteiger partial charge < -0.3 is 20.5 Å². The SMILES string of the molecule is CCOc1ccc(C(=O)NC(C)(CN)C2CC2)cc1OC. The van der Waals surface area contributed by atoms with Gasteiger partial charge in [-0.15, -0.1) is 0 Å². The molecule has 1 fully saturated rings. The van der Waals surface area contributed by atoms with Crippen molar-refractivity contribution in [3.63, 3.8) is 0 Å². The van der Waals surface area contributed by atoms with Crippen LogP contribution in [0.25, 0.3) is 0 Å². The molecular formula is C16H24N2O3. The van der Waals surface area contributed by atoms with Crippen LogP contribution in [0.3, 0.4) is 0 Å². The van der Waals surface area contributed by atoms with Gasteiger partial charge in [-0.05, 0) is 50.8 Å². The lowest BCUT2D eigenvalue weighted by atomic mass is 9.95. The lowest BCUT2D eigenvalue weighted by Gasteiger charge is -2.29. The maximum absolute atomic E-state index is 12.4. The van der Waals surface area contributed by atoms with E-state index in [2.05, 4.69) is 5.32 Å². The third-order valence-corrected chi connectivity index (χ3v) is 4.03. The highest BCUT2D eigenvalue weighted by Crippen LogP contribution is 2.39. The van der Waals surface area contributed by atoms with Crippen LogP contribution in [0.2, 0.25) is 0 Å². The highest BCUT2D eigenvalue weighted by molar-refractivity contribution is 5.95. The van der Waals surface area contributed by atoms with Gasteiger partial charge in [0.1, 0.15) is 0 Å². The fraction of sp³-hybridized carbons (Fsp3) is 0.562. The van der Waals surface area contributed by atoms with Gasteiger partial charge in [-0.1, -0.05) is 0 Å². The Hall–Kier alpha value is -1.75. The number of ether oxygens (including phenoxy) is 2. The minimum Gasteiger partial charge on any atom is -0.493 e. The average Bonchev–Trinajstić information content (AvgIpc) is 3.32. The van der Waals surface area contributed by atoms with Crippen LogP contribution in [0, 0.1) is 5.92 Å². The maximum Gasteiger partial charge on any atom is 0.251 e. The Morgan fingerprint density at radius 3 is 2.67 bits per heavy atom. The Balaban J connectivity index is 2.15. The molecule has 21 heavy (non-hydrogen) atoms. The van der Waals surface area contributed by atoms with Gasteiger partial charge in [-0.2, -0.15) is 0 Å². The Morgan fingerprint density at radius 2 is 2.14 bits per heavy atom. The van der Waals surface area contributed by atoms with Crippen LogP contribution in [0.5, 0.6) is 11.5 Å². The second-order valence-corrected chi connectivity index (χ2v) is 5.65. The first-order valence-electron chi connectivity index (χ1n) is 7.37. The van der Waals surface area contributed by atoms with Crippen molar-refractivity contribution in [2.24, 2.45) is 11.7 Å². The summed E-state index contributed by atoms with van der Waals surface area (Å²) in [6, 6.07) is 5.20. The minimum absolute atomic E-state index is 0.129. The molecule has 1 unspecified atom stereocenters. The molecule has 5 heteroatoms. The molecule has 0 bridgehead atoms. The number of hydrogen-bond donors (Lipinski definition) is 2. The summed E-state index contributed by atoms with van der Waals surface area (Å²) in [5.74, 6) is 1.55. The number of hydrogen-bond acceptors (Lipinski definition) is 4. The molecule has 0 heterocycles. The van der Waals surface area contributed by atoms with E-state index in [-0.39, 0.29) is 11.4 Å². The van der Waals surface area contributed by atoms with Gasteiger partial charge in [0, 0.05) is 12.1 Å². The number of amides is 1. The highest BCUT2D eigenvalue weighted by atomic mass is 16.5. The molecule has 1 aliphatic carbocycles. The number of methoxy groups -OCH3 is 1. The summed E-state index contributed by atoms with van der Waals surface area (Å²) in [7, 11) is 1.56. The smallest absolute Gasteiger partial charge is 0.251 e. The van der Waals surface area contributed by atoms with Crippen molar-refractivity contribution in [1.82, 2.24) is 5.32 Å². The van der Waals surface area contributed by atoms with Crippen molar-refractivity contribution >= 4 is 5.91 Å². The van der Waals surface area contributed by atoms with Crippen molar-refractivity contribution in [3.05, 3.63) is 23.8 Å². The lowest BCUT2D eigenvalue weighted by Crippen LogP contribution is -2.53. The van der Waals surface area contributed by atoms with Crippen LogP contribution in [0.1, 0.15) is 37.0 Å². The first-order valence-corrected chi connectivity index (χ1v) is 7.37. The van der Waals surface area contributed by atoms with E-state index in [9.17, 15) is 4.79 Å². The number of nitrogens with two attached hydrogens (primary N) is 1. The first-order chi connectivity index (χ1) is 10.0. The van der Waals surface area contributed by atoms with E-state index < -0.39 is 0 Å². The van der Waals surface area contributed by atoms with Crippen LogP contribution < -0.4 is 20.5 Å². The fourth-order valence-electron chi connectivity index (χ4n) is 2.46. The van der Waals surface area contributed by atoms with Crippen molar-refractivity contribution in [2.75, 3.05) is 20.3 Å². The van der Waals surface area contributed by atoms with E-state index in [4.69, 9.17) is 15.2 Å². The number of carbonyl (C=O) groups excluding carboxylic acids is 1. The molecule has 1 aromatic carbocycles. The second-order valence-electron chi connectivity index (χ2n) is 5.65. The number of carbonyl (C=O) groups is 1. The second kappa shape index (κ2) is 6.35. The molecule has 0 aromatic heterocycles. The molecule has 0 spiro atoms. The summed E-state index contributed by atoms with van der Waals surface area (Å²) in [6.45, 7) is 4.91. The molecular weight excluding hydrogens is 268 g/mol. The monoisotopic (exact) mass is 292 g/mol. The van der Waals surface area contributed by atoms with E-state index in [1.807, 2.05) is 13.8 Å². The molecule has 5 nitrogen and oxygen atoms in total. The van der Waals surface area contributed by atoms with E-state index in [0.29, 0.717) is 36.1 Å². The molecule has 2 rings (SSSR count). The lowest BCUT2D eigenvalue weighted by molar-refractivity contribution is 0.0897. The van der Waals surface area contributed by atoms with Gasteiger partial charge in [0.15, 0.2) is 11.5 Å². The van der Waals surface area contributed by atoms with E-state index in [1.54, 1.807) is 25.3 Å². The maximum atomic E-state index is 12.4. The summed E-state index contributed by atoms with van der Waals surface area (Å²) in [5.41, 5.74) is 6.06. The largest absolute Gasteiger partial charge is 0.493 e. The number of rotatable bonds is 7.